The first-order chi connectivity index (χ1) is 17.9. The first kappa shape index (κ1) is 24.4. The van der Waals surface area contributed by atoms with Crippen molar-refractivity contribution in [1.29, 1.82) is 0 Å². The normalized spacial score (nSPS) is 13.6. The van der Waals surface area contributed by atoms with Crippen LogP contribution in [-0.2, 0) is 6.54 Å². The van der Waals surface area contributed by atoms with Gasteiger partial charge in [-0.15, -0.1) is 0 Å². The first-order valence-corrected chi connectivity index (χ1v) is 12.1. The molecule has 37 heavy (non-hydrogen) atoms. The molecule has 2 aromatic carbocycles. The molecule has 0 saturated carbocycles. The third-order valence-corrected chi connectivity index (χ3v) is 6.49. The van der Waals surface area contributed by atoms with E-state index in [2.05, 4.69) is 27.4 Å². The fourth-order valence-corrected chi connectivity index (χ4v) is 4.39. The Labute approximate surface area is 215 Å². The minimum Gasteiger partial charge on any atom is -0.370 e. The van der Waals surface area contributed by atoms with Gasteiger partial charge in [0.05, 0.1) is 6.54 Å². The van der Waals surface area contributed by atoms with Crippen molar-refractivity contribution in [2.75, 3.05) is 50.1 Å². The second kappa shape index (κ2) is 10.4. The highest BCUT2D eigenvalue weighted by Crippen LogP contribution is 2.25. The van der Waals surface area contributed by atoms with Gasteiger partial charge >= 0.3 is 0 Å². The molecular weight excluding hydrogens is 472 g/mol. The Kier molecular flexibility index (Phi) is 6.85. The van der Waals surface area contributed by atoms with E-state index in [1.807, 2.05) is 31.3 Å². The molecule has 0 N–H and O–H groups in total. The highest BCUT2D eigenvalue weighted by Gasteiger charge is 2.21. The van der Waals surface area contributed by atoms with Gasteiger partial charge in [0.15, 0.2) is 11.6 Å². The number of anilines is 2. The molecule has 1 fully saturated rings. The van der Waals surface area contributed by atoms with E-state index in [1.165, 1.54) is 24.3 Å². The monoisotopic (exact) mass is 501 g/mol. The van der Waals surface area contributed by atoms with Gasteiger partial charge in [-0.3, -0.25) is 0 Å². The maximum atomic E-state index is 13.6. The molecule has 0 aliphatic carbocycles. The zero-order chi connectivity index (χ0) is 25.9. The van der Waals surface area contributed by atoms with Crippen LogP contribution in [-0.4, -0.2) is 64.9 Å². The van der Waals surface area contributed by atoms with Gasteiger partial charge in [0, 0.05) is 75.0 Å². The van der Waals surface area contributed by atoms with Gasteiger partial charge in [0.1, 0.15) is 17.5 Å². The van der Waals surface area contributed by atoms with Crippen molar-refractivity contribution in [2.24, 2.45) is 0 Å². The summed E-state index contributed by atoms with van der Waals surface area (Å²) >= 11 is 0. The molecule has 0 spiro atoms. The van der Waals surface area contributed by atoms with Crippen LogP contribution in [0.4, 0.5) is 20.3 Å². The summed E-state index contributed by atoms with van der Waals surface area (Å²) in [7, 11) is 3.97. The lowest BCUT2D eigenvalue weighted by atomic mass is 10.2. The smallest absolute Gasteiger partial charge is 0.181 e. The molecule has 190 valence electrons. The molecule has 9 heteroatoms. The Balaban J connectivity index is 1.33. The van der Waals surface area contributed by atoms with Crippen LogP contribution in [0.25, 0.3) is 22.8 Å². The number of halogens is 2. The van der Waals surface area contributed by atoms with E-state index >= 15 is 0 Å². The van der Waals surface area contributed by atoms with Crippen molar-refractivity contribution in [3.63, 3.8) is 0 Å². The predicted octanol–water partition coefficient (Wildman–Crippen LogP) is 4.69. The molecule has 0 radical (unpaired) electrons. The number of benzene rings is 2. The lowest BCUT2D eigenvalue weighted by molar-refractivity contribution is 0.304. The van der Waals surface area contributed by atoms with Crippen molar-refractivity contribution in [2.45, 2.75) is 6.54 Å². The van der Waals surface area contributed by atoms with E-state index < -0.39 is 0 Å². The lowest BCUT2D eigenvalue weighted by Gasteiger charge is -2.38. The average molecular weight is 502 g/mol. The highest BCUT2D eigenvalue weighted by atomic mass is 19.1. The quantitative estimate of drug-likeness (QED) is 0.366. The number of aromatic nitrogens is 4. The zero-order valence-electron chi connectivity index (χ0n) is 21.0. The fourth-order valence-electron chi connectivity index (χ4n) is 4.39. The van der Waals surface area contributed by atoms with Crippen molar-refractivity contribution < 1.29 is 8.78 Å². The van der Waals surface area contributed by atoms with E-state index in [0.29, 0.717) is 23.8 Å². The van der Waals surface area contributed by atoms with Gasteiger partial charge in [-0.05, 0) is 54.6 Å². The SMILES string of the molecule is C=C(Cn1nc(-c2ccc(F)cc2)nc1-c1ccc(F)cc1)N1CCN(c2ccnc(N(C)C)c2)CC1. The highest BCUT2D eigenvalue weighted by molar-refractivity contribution is 5.62. The fraction of sp³-hybridized carbons (Fsp3) is 0.250. The van der Waals surface area contributed by atoms with Crippen molar-refractivity contribution in [1.82, 2.24) is 24.6 Å². The molecule has 0 unspecified atom stereocenters. The van der Waals surface area contributed by atoms with Crippen LogP contribution in [0.2, 0.25) is 0 Å². The van der Waals surface area contributed by atoms with Crippen molar-refractivity contribution >= 4 is 11.5 Å². The van der Waals surface area contributed by atoms with Gasteiger partial charge in [0.25, 0.3) is 0 Å². The van der Waals surface area contributed by atoms with Crippen LogP contribution < -0.4 is 9.80 Å². The van der Waals surface area contributed by atoms with E-state index in [-0.39, 0.29) is 11.6 Å². The first-order valence-electron chi connectivity index (χ1n) is 12.1. The average Bonchev–Trinajstić information content (AvgIpc) is 3.33. The number of rotatable bonds is 7. The second-order valence-corrected chi connectivity index (χ2v) is 9.24. The molecule has 4 aromatic rings. The Bertz CT molecular complexity index is 1370. The molecule has 3 heterocycles. The molecule has 5 rings (SSSR count). The summed E-state index contributed by atoms with van der Waals surface area (Å²) in [6.07, 6.45) is 1.84. The third kappa shape index (κ3) is 5.45. The van der Waals surface area contributed by atoms with E-state index in [9.17, 15) is 8.78 Å². The van der Waals surface area contributed by atoms with Crippen molar-refractivity contribution in [3.05, 3.63) is 90.8 Å². The van der Waals surface area contributed by atoms with E-state index in [4.69, 9.17) is 10.1 Å². The van der Waals surface area contributed by atoms with Crippen molar-refractivity contribution in [3.8, 4) is 22.8 Å². The minimum atomic E-state index is -0.320. The predicted molar refractivity (Wildman–Crippen MR) is 142 cm³/mol. The summed E-state index contributed by atoms with van der Waals surface area (Å²) in [6, 6.07) is 16.4. The molecule has 7 nitrogen and oxygen atoms in total. The van der Waals surface area contributed by atoms with Crippen LogP contribution in [0, 0.1) is 11.6 Å². The standard InChI is InChI=1S/C28H29F2N7/c1-20(35-14-16-36(17-15-35)25-12-13-31-26(18-25)34(2)3)19-37-28(22-6-10-24(30)11-7-22)32-27(33-37)21-4-8-23(29)9-5-21/h4-13,18H,1,14-17,19H2,2-3H3. The summed E-state index contributed by atoms with van der Waals surface area (Å²) in [5, 5.41) is 4.71. The van der Waals surface area contributed by atoms with Crippen LogP contribution in [0.15, 0.2) is 79.1 Å². The van der Waals surface area contributed by atoms with Crippen LogP contribution in [0.1, 0.15) is 0 Å². The van der Waals surface area contributed by atoms with Crippen LogP contribution >= 0.6 is 0 Å². The molecule has 1 aliphatic rings. The largest absolute Gasteiger partial charge is 0.370 e. The van der Waals surface area contributed by atoms with Gasteiger partial charge in [-0.25, -0.2) is 23.4 Å². The summed E-state index contributed by atoms with van der Waals surface area (Å²) in [5.74, 6) is 1.38. The number of nitrogens with zero attached hydrogens (tertiary/aromatic N) is 7. The topological polar surface area (TPSA) is 53.3 Å². The number of allylic oxidation sites excluding steroid dienone is 1. The zero-order valence-corrected chi connectivity index (χ0v) is 21.0. The lowest BCUT2D eigenvalue weighted by Crippen LogP contribution is -2.46. The summed E-state index contributed by atoms with van der Waals surface area (Å²) in [5.41, 5.74) is 3.52. The Hall–Kier alpha value is -4.27. The second-order valence-electron chi connectivity index (χ2n) is 9.24. The molecule has 1 saturated heterocycles. The number of hydrogen-bond donors (Lipinski definition) is 0. The summed E-state index contributed by atoms with van der Waals surface area (Å²) in [4.78, 5) is 15.7. The van der Waals surface area contributed by atoms with E-state index in [1.54, 1.807) is 28.9 Å². The third-order valence-electron chi connectivity index (χ3n) is 6.49. The molecule has 0 amide bonds. The molecule has 1 aliphatic heterocycles. The van der Waals surface area contributed by atoms with Crippen LogP contribution in [0.3, 0.4) is 0 Å². The number of pyridine rings is 1. The Morgan fingerprint density at radius 3 is 2.14 bits per heavy atom. The molecule has 2 aromatic heterocycles. The van der Waals surface area contributed by atoms with E-state index in [0.717, 1.165) is 48.9 Å². The maximum absolute atomic E-state index is 13.6. The minimum absolute atomic E-state index is 0.317. The molecule has 0 bridgehead atoms. The van der Waals surface area contributed by atoms with Gasteiger partial charge in [-0.2, -0.15) is 5.10 Å². The molecule has 0 atom stereocenters. The summed E-state index contributed by atoms with van der Waals surface area (Å²) < 4.78 is 28.8. The van der Waals surface area contributed by atoms with Crippen LogP contribution in [0.5, 0.6) is 0 Å². The summed E-state index contributed by atoms with van der Waals surface area (Å²) in [6.45, 7) is 8.14. The van der Waals surface area contributed by atoms with Gasteiger partial charge in [0.2, 0.25) is 0 Å². The van der Waals surface area contributed by atoms with Gasteiger partial charge < -0.3 is 14.7 Å². The molecular formula is C28H29F2N7. The number of hydrogen-bond acceptors (Lipinski definition) is 6. The Morgan fingerprint density at radius 2 is 1.51 bits per heavy atom. The number of piperazine rings is 1. The Morgan fingerprint density at radius 1 is 0.892 bits per heavy atom. The van der Waals surface area contributed by atoms with Gasteiger partial charge in [-0.1, -0.05) is 6.58 Å². The maximum Gasteiger partial charge on any atom is 0.181 e.